The molecular formula is C47H29N3O. The van der Waals surface area contributed by atoms with E-state index in [-0.39, 0.29) is 0 Å². The van der Waals surface area contributed by atoms with Gasteiger partial charge in [-0.25, -0.2) is 15.0 Å². The van der Waals surface area contributed by atoms with Crippen LogP contribution in [0.15, 0.2) is 180 Å². The first-order valence-corrected chi connectivity index (χ1v) is 17.1. The standard InChI is InChI=1S/C47H29N3O/c1-4-12-31(13-5-1)39-29-40(50-47(49-39)34-16-8-3-9-17-34)32-22-20-30(21-23-32)35-24-25-36-41(28-35)48-46(33-14-6-2-7-15-33)38-26-27-43-45(44(36)38)37-18-10-11-19-42(37)51-43/h1-29H. The van der Waals surface area contributed by atoms with Crippen molar-refractivity contribution in [1.82, 2.24) is 15.0 Å². The summed E-state index contributed by atoms with van der Waals surface area (Å²) in [6, 6.07) is 60.7. The zero-order valence-electron chi connectivity index (χ0n) is 27.5. The molecule has 238 valence electrons. The monoisotopic (exact) mass is 651 g/mol. The first-order valence-electron chi connectivity index (χ1n) is 17.1. The van der Waals surface area contributed by atoms with Gasteiger partial charge in [0.05, 0.1) is 22.6 Å². The van der Waals surface area contributed by atoms with Gasteiger partial charge in [0.2, 0.25) is 0 Å². The van der Waals surface area contributed by atoms with Crippen LogP contribution >= 0.6 is 0 Å². The van der Waals surface area contributed by atoms with Crippen LogP contribution < -0.4 is 0 Å². The lowest BCUT2D eigenvalue weighted by Gasteiger charge is -2.13. The van der Waals surface area contributed by atoms with Crippen molar-refractivity contribution in [2.24, 2.45) is 0 Å². The van der Waals surface area contributed by atoms with E-state index in [1.807, 2.05) is 54.6 Å². The van der Waals surface area contributed by atoms with Gasteiger partial charge in [-0.1, -0.05) is 146 Å². The van der Waals surface area contributed by atoms with Crippen LogP contribution in [0.4, 0.5) is 0 Å². The summed E-state index contributed by atoms with van der Waals surface area (Å²) in [4.78, 5) is 15.3. The Labute approximate surface area is 294 Å². The molecule has 0 amide bonds. The molecule has 0 atom stereocenters. The Morgan fingerprint density at radius 1 is 0.333 bits per heavy atom. The summed E-state index contributed by atoms with van der Waals surface area (Å²) in [5.41, 5.74) is 11.8. The van der Waals surface area contributed by atoms with E-state index in [0.717, 1.165) is 94.1 Å². The van der Waals surface area contributed by atoms with E-state index in [1.165, 1.54) is 0 Å². The normalized spacial score (nSPS) is 11.5. The van der Waals surface area contributed by atoms with Gasteiger partial charge in [0.25, 0.3) is 0 Å². The number of benzene rings is 7. The molecule has 10 aromatic rings. The summed E-state index contributed by atoms with van der Waals surface area (Å²) in [6.07, 6.45) is 0. The maximum Gasteiger partial charge on any atom is 0.160 e. The van der Waals surface area contributed by atoms with E-state index < -0.39 is 0 Å². The fourth-order valence-electron chi connectivity index (χ4n) is 7.21. The summed E-state index contributed by atoms with van der Waals surface area (Å²) >= 11 is 0. The Hall–Kier alpha value is -6.91. The van der Waals surface area contributed by atoms with Gasteiger partial charge in [0, 0.05) is 49.2 Å². The molecule has 0 saturated carbocycles. The highest BCUT2D eigenvalue weighted by Gasteiger charge is 2.18. The Balaban J connectivity index is 1.12. The first-order chi connectivity index (χ1) is 25.3. The molecule has 0 unspecified atom stereocenters. The van der Waals surface area contributed by atoms with Crippen molar-refractivity contribution in [3.63, 3.8) is 0 Å². The van der Waals surface area contributed by atoms with E-state index in [4.69, 9.17) is 19.4 Å². The first kappa shape index (κ1) is 29.0. The van der Waals surface area contributed by atoms with E-state index >= 15 is 0 Å². The SMILES string of the molecule is c1ccc(-c2cc(-c3ccc(-c4ccc5c(c4)nc(-c4ccccc4)c4ccc6oc7ccccc7c6c45)cc3)nc(-c3ccccc3)n2)cc1. The molecule has 0 saturated heterocycles. The number of furan rings is 1. The third-order valence-electron chi connectivity index (χ3n) is 9.69. The number of aromatic nitrogens is 3. The topological polar surface area (TPSA) is 51.8 Å². The third-order valence-corrected chi connectivity index (χ3v) is 9.69. The zero-order valence-corrected chi connectivity index (χ0v) is 27.5. The van der Waals surface area contributed by atoms with Gasteiger partial charge in [-0.05, 0) is 41.5 Å². The fourth-order valence-corrected chi connectivity index (χ4v) is 7.21. The second kappa shape index (κ2) is 11.9. The van der Waals surface area contributed by atoms with Crippen molar-refractivity contribution >= 4 is 43.6 Å². The maximum atomic E-state index is 6.33. The Kier molecular flexibility index (Phi) is 6.78. The van der Waals surface area contributed by atoms with E-state index in [0.29, 0.717) is 5.82 Å². The summed E-state index contributed by atoms with van der Waals surface area (Å²) in [5, 5.41) is 5.61. The van der Waals surface area contributed by atoms with Gasteiger partial charge in [-0.3, -0.25) is 0 Å². The number of hydrogen-bond acceptors (Lipinski definition) is 4. The maximum absolute atomic E-state index is 6.33. The summed E-state index contributed by atoms with van der Waals surface area (Å²) in [5.74, 6) is 0.706. The summed E-state index contributed by atoms with van der Waals surface area (Å²) in [6.45, 7) is 0. The molecule has 4 nitrogen and oxygen atoms in total. The molecular weight excluding hydrogens is 623 g/mol. The van der Waals surface area contributed by atoms with Gasteiger partial charge in [0.15, 0.2) is 5.82 Å². The molecule has 7 aromatic carbocycles. The van der Waals surface area contributed by atoms with E-state index in [1.54, 1.807) is 0 Å². The molecule has 0 N–H and O–H groups in total. The Morgan fingerprint density at radius 2 is 0.902 bits per heavy atom. The molecule has 0 aliphatic carbocycles. The highest BCUT2D eigenvalue weighted by molar-refractivity contribution is 6.28. The molecule has 0 aliphatic rings. The van der Waals surface area contributed by atoms with Crippen LogP contribution in [0.2, 0.25) is 0 Å². The van der Waals surface area contributed by atoms with Gasteiger partial charge in [-0.15, -0.1) is 0 Å². The molecule has 3 heterocycles. The van der Waals surface area contributed by atoms with Crippen molar-refractivity contribution in [3.05, 3.63) is 176 Å². The van der Waals surface area contributed by atoms with Crippen molar-refractivity contribution in [1.29, 1.82) is 0 Å². The molecule has 0 aliphatic heterocycles. The lowest BCUT2D eigenvalue weighted by Crippen LogP contribution is -1.95. The van der Waals surface area contributed by atoms with Crippen molar-refractivity contribution < 1.29 is 4.42 Å². The van der Waals surface area contributed by atoms with Crippen LogP contribution in [0.1, 0.15) is 0 Å². The van der Waals surface area contributed by atoms with Crippen molar-refractivity contribution in [3.8, 4) is 56.3 Å². The molecule has 51 heavy (non-hydrogen) atoms. The number of pyridine rings is 1. The van der Waals surface area contributed by atoms with Crippen molar-refractivity contribution in [2.45, 2.75) is 0 Å². The largest absolute Gasteiger partial charge is 0.456 e. The molecule has 4 heteroatoms. The van der Waals surface area contributed by atoms with Gasteiger partial charge < -0.3 is 4.42 Å². The lowest BCUT2D eigenvalue weighted by molar-refractivity contribution is 0.669. The van der Waals surface area contributed by atoms with Crippen LogP contribution in [0.3, 0.4) is 0 Å². The predicted molar refractivity (Wildman–Crippen MR) is 209 cm³/mol. The second-order valence-corrected chi connectivity index (χ2v) is 12.8. The number of para-hydroxylation sites is 1. The Morgan fingerprint density at radius 3 is 1.63 bits per heavy atom. The molecule has 10 rings (SSSR count). The average Bonchev–Trinajstić information content (AvgIpc) is 3.60. The fraction of sp³-hybridized carbons (Fsp3) is 0. The average molecular weight is 652 g/mol. The van der Waals surface area contributed by atoms with Crippen LogP contribution in [0.5, 0.6) is 0 Å². The van der Waals surface area contributed by atoms with Gasteiger partial charge in [-0.2, -0.15) is 0 Å². The number of rotatable bonds is 5. The summed E-state index contributed by atoms with van der Waals surface area (Å²) < 4.78 is 6.33. The molecule has 0 bridgehead atoms. The molecule has 0 radical (unpaired) electrons. The van der Waals surface area contributed by atoms with Crippen LogP contribution in [0, 0.1) is 0 Å². The predicted octanol–water partition coefficient (Wildman–Crippen LogP) is 12.4. The minimum absolute atomic E-state index is 0.706. The number of fused-ring (bicyclic) bond motifs is 7. The van der Waals surface area contributed by atoms with Crippen molar-refractivity contribution in [2.75, 3.05) is 0 Å². The quantitative estimate of drug-likeness (QED) is 0.174. The Bertz CT molecular complexity index is 2820. The lowest BCUT2D eigenvalue weighted by atomic mass is 9.94. The number of nitrogens with zero attached hydrogens (tertiary/aromatic N) is 3. The van der Waals surface area contributed by atoms with Crippen LogP contribution in [-0.2, 0) is 0 Å². The third kappa shape index (κ3) is 5.04. The minimum Gasteiger partial charge on any atom is -0.456 e. The zero-order chi connectivity index (χ0) is 33.7. The summed E-state index contributed by atoms with van der Waals surface area (Å²) in [7, 11) is 0. The van der Waals surface area contributed by atoms with Crippen LogP contribution in [0.25, 0.3) is 99.9 Å². The second-order valence-electron chi connectivity index (χ2n) is 12.8. The molecule has 3 aromatic heterocycles. The number of hydrogen-bond donors (Lipinski definition) is 0. The van der Waals surface area contributed by atoms with Crippen LogP contribution in [-0.4, -0.2) is 15.0 Å². The smallest absolute Gasteiger partial charge is 0.160 e. The van der Waals surface area contributed by atoms with E-state index in [9.17, 15) is 0 Å². The van der Waals surface area contributed by atoms with E-state index in [2.05, 4.69) is 121 Å². The van der Waals surface area contributed by atoms with Gasteiger partial charge >= 0.3 is 0 Å². The molecule has 0 spiro atoms. The highest BCUT2D eigenvalue weighted by Crippen LogP contribution is 2.42. The highest BCUT2D eigenvalue weighted by atomic mass is 16.3. The minimum atomic E-state index is 0.706. The van der Waals surface area contributed by atoms with Gasteiger partial charge in [0.1, 0.15) is 11.2 Å². The molecule has 0 fully saturated rings.